The average molecular weight is 291 g/mol. The quantitative estimate of drug-likeness (QED) is 0.912. The van der Waals surface area contributed by atoms with E-state index in [0.29, 0.717) is 13.0 Å². The van der Waals surface area contributed by atoms with Crippen LogP contribution < -0.4 is 0 Å². The Balaban J connectivity index is 2.03. The molecule has 1 N–H and O–H groups in total. The van der Waals surface area contributed by atoms with Crippen molar-refractivity contribution in [1.29, 1.82) is 0 Å². The third kappa shape index (κ3) is 4.04. The molecule has 1 saturated heterocycles. The third-order valence-electron chi connectivity index (χ3n) is 3.64. The predicted octanol–water partition coefficient (Wildman–Crippen LogP) is 1.49. The Morgan fingerprint density at radius 1 is 1.33 bits per heavy atom. The molecule has 1 aromatic carbocycles. The molecule has 1 aliphatic rings. The molecule has 2 rings (SSSR count). The van der Waals surface area contributed by atoms with Crippen LogP contribution in [0, 0.1) is 0 Å². The predicted molar refractivity (Wildman–Crippen MR) is 78.1 cm³/mol. The van der Waals surface area contributed by atoms with Gasteiger partial charge in [-0.3, -0.25) is 4.79 Å². The molecule has 0 aliphatic carbocycles. The van der Waals surface area contributed by atoms with Crippen LogP contribution in [0.2, 0.25) is 0 Å². The Hall–Kier alpha value is -1.88. The summed E-state index contributed by atoms with van der Waals surface area (Å²) in [6, 6.07) is 7.93. The number of benzene rings is 1. The molecular weight excluding hydrogens is 270 g/mol. The highest BCUT2D eigenvalue weighted by Crippen LogP contribution is 2.14. The van der Waals surface area contributed by atoms with Gasteiger partial charge in [0.05, 0.1) is 19.1 Å². The van der Waals surface area contributed by atoms with Crippen LogP contribution in [0.5, 0.6) is 0 Å². The fraction of sp³-hybridized carbons (Fsp3) is 0.500. The Morgan fingerprint density at radius 2 is 2.05 bits per heavy atom. The van der Waals surface area contributed by atoms with Gasteiger partial charge < -0.3 is 14.7 Å². The summed E-state index contributed by atoms with van der Waals surface area (Å²) in [6.07, 6.45) is 0.0374. The zero-order chi connectivity index (χ0) is 15.4. The number of carboxylic acid groups (broad SMARTS) is 1. The lowest BCUT2D eigenvalue weighted by Gasteiger charge is -2.35. The van der Waals surface area contributed by atoms with Crippen LogP contribution in [0.15, 0.2) is 24.3 Å². The van der Waals surface area contributed by atoms with Gasteiger partial charge in [0.15, 0.2) is 6.10 Å². The van der Waals surface area contributed by atoms with Crippen molar-refractivity contribution in [1.82, 2.24) is 4.90 Å². The molecule has 2 atom stereocenters. The number of hydrogen-bond donors (Lipinski definition) is 1. The largest absolute Gasteiger partial charge is 0.479 e. The molecule has 0 radical (unpaired) electrons. The molecule has 0 spiro atoms. The van der Waals surface area contributed by atoms with Gasteiger partial charge in [-0.15, -0.1) is 0 Å². The van der Waals surface area contributed by atoms with Crippen molar-refractivity contribution < 1.29 is 19.4 Å². The zero-order valence-corrected chi connectivity index (χ0v) is 12.4. The van der Waals surface area contributed by atoms with E-state index < -0.39 is 12.1 Å². The number of morpholine rings is 1. The topological polar surface area (TPSA) is 66.8 Å². The normalized spacial score (nSPS) is 22.1. The first-order valence-corrected chi connectivity index (χ1v) is 7.23. The number of aliphatic carboxylic acids is 1. The molecule has 21 heavy (non-hydrogen) atoms. The van der Waals surface area contributed by atoms with E-state index in [1.54, 1.807) is 11.8 Å². The van der Waals surface area contributed by atoms with Crippen LogP contribution in [0.4, 0.5) is 0 Å². The number of rotatable bonds is 4. The standard InChI is InChI=1S/C16H21NO4/c1-3-12-5-4-6-13(7-12)8-15(18)17-9-11(2)21-14(10-17)16(19)20/h4-7,11,14H,3,8-10H2,1-2H3,(H,19,20)/t11-,14?/m1/s1. The fourth-order valence-electron chi connectivity index (χ4n) is 2.54. The van der Waals surface area contributed by atoms with E-state index >= 15 is 0 Å². The van der Waals surface area contributed by atoms with Gasteiger partial charge in [-0.05, 0) is 24.5 Å². The van der Waals surface area contributed by atoms with E-state index in [1.807, 2.05) is 24.3 Å². The van der Waals surface area contributed by atoms with Gasteiger partial charge in [0.1, 0.15) is 0 Å². The second kappa shape index (κ2) is 6.72. The van der Waals surface area contributed by atoms with Crippen molar-refractivity contribution in [2.24, 2.45) is 0 Å². The van der Waals surface area contributed by atoms with Gasteiger partial charge >= 0.3 is 5.97 Å². The summed E-state index contributed by atoms with van der Waals surface area (Å²) >= 11 is 0. The lowest BCUT2D eigenvalue weighted by atomic mass is 10.1. The molecule has 1 aromatic rings. The Kier molecular flexibility index (Phi) is 4.96. The smallest absolute Gasteiger partial charge is 0.334 e. The van der Waals surface area contributed by atoms with E-state index in [-0.39, 0.29) is 18.6 Å². The van der Waals surface area contributed by atoms with E-state index in [4.69, 9.17) is 9.84 Å². The second-order valence-electron chi connectivity index (χ2n) is 5.42. The van der Waals surface area contributed by atoms with Crippen LogP contribution in [-0.2, 0) is 27.2 Å². The number of ether oxygens (including phenoxy) is 1. The first kappa shape index (κ1) is 15.5. The van der Waals surface area contributed by atoms with Crippen molar-refractivity contribution in [2.75, 3.05) is 13.1 Å². The Bertz CT molecular complexity index is 529. The molecule has 1 fully saturated rings. The molecule has 114 valence electrons. The van der Waals surface area contributed by atoms with Gasteiger partial charge in [-0.1, -0.05) is 31.2 Å². The minimum atomic E-state index is -1.02. The van der Waals surface area contributed by atoms with Gasteiger partial charge in [-0.25, -0.2) is 4.79 Å². The molecule has 1 amide bonds. The summed E-state index contributed by atoms with van der Waals surface area (Å²) in [5.74, 6) is -1.07. The molecule has 5 heteroatoms. The first-order valence-electron chi connectivity index (χ1n) is 7.23. The maximum Gasteiger partial charge on any atom is 0.334 e. The summed E-state index contributed by atoms with van der Waals surface area (Å²) in [6.45, 7) is 4.41. The highest BCUT2D eigenvalue weighted by molar-refractivity contribution is 5.80. The number of carboxylic acids is 1. The Labute approximate surface area is 124 Å². The number of hydrogen-bond acceptors (Lipinski definition) is 3. The third-order valence-corrected chi connectivity index (χ3v) is 3.64. The van der Waals surface area contributed by atoms with Crippen molar-refractivity contribution in [3.63, 3.8) is 0 Å². The average Bonchev–Trinajstić information content (AvgIpc) is 2.46. The van der Waals surface area contributed by atoms with Gasteiger partial charge in [0, 0.05) is 6.54 Å². The minimum absolute atomic E-state index is 0.0512. The summed E-state index contributed by atoms with van der Waals surface area (Å²) in [5.41, 5.74) is 2.16. The maximum atomic E-state index is 12.4. The zero-order valence-electron chi connectivity index (χ0n) is 12.4. The second-order valence-corrected chi connectivity index (χ2v) is 5.42. The van der Waals surface area contributed by atoms with Crippen LogP contribution in [0.3, 0.4) is 0 Å². The minimum Gasteiger partial charge on any atom is -0.479 e. The lowest BCUT2D eigenvalue weighted by molar-refractivity contribution is -0.166. The molecule has 0 saturated carbocycles. The Morgan fingerprint density at radius 3 is 2.71 bits per heavy atom. The van der Waals surface area contributed by atoms with Gasteiger partial charge in [-0.2, -0.15) is 0 Å². The first-order chi connectivity index (χ1) is 9.99. The van der Waals surface area contributed by atoms with Crippen LogP contribution in [0.1, 0.15) is 25.0 Å². The summed E-state index contributed by atoms with van der Waals surface area (Å²) in [7, 11) is 0. The van der Waals surface area contributed by atoms with E-state index in [1.165, 1.54) is 5.56 Å². The van der Waals surface area contributed by atoms with E-state index in [0.717, 1.165) is 12.0 Å². The summed E-state index contributed by atoms with van der Waals surface area (Å²) in [4.78, 5) is 25.0. The van der Waals surface area contributed by atoms with Crippen LogP contribution >= 0.6 is 0 Å². The highest BCUT2D eigenvalue weighted by Gasteiger charge is 2.32. The molecule has 1 unspecified atom stereocenters. The van der Waals surface area contributed by atoms with Crippen molar-refractivity contribution >= 4 is 11.9 Å². The SMILES string of the molecule is CCc1cccc(CC(=O)N2CC(C(=O)O)O[C@H](C)C2)c1. The van der Waals surface area contributed by atoms with Crippen molar-refractivity contribution in [2.45, 2.75) is 38.9 Å². The molecule has 0 aromatic heterocycles. The molecule has 5 nitrogen and oxygen atoms in total. The van der Waals surface area contributed by atoms with Crippen LogP contribution in [0.25, 0.3) is 0 Å². The monoisotopic (exact) mass is 291 g/mol. The number of nitrogens with zero attached hydrogens (tertiary/aromatic N) is 1. The van der Waals surface area contributed by atoms with Gasteiger partial charge in [0.25, 0.3) is 0 Å². The van der Waals surface area contributed by atoms with E-state index in [2.05, 4.69) is 6.92 Å². The molecule has 1 heterocycles. The number of carbonyl (C=O) groups excluding carboxylic acids is 1. The number of amides is 1. The molecule has 0 bridgehead atoms. The van der Waals surface area contributed by atoms with Crippen LogP contribution in [-0.4, -0.2) is 47.2 Å². The van der Waals surface area contributed by atoms with Crippen molar-refractivity contribution in [3.05, 3.63) is 35.4 Å². The lowest BCUT2D eigenvalue weighted by Crippen LogP contribution is -2.52. The van der Waals surface area contributed by atoms with E-state index in [9.17, 15) is 9.59 Å². The maximum absolute atomic E-state index is 12.4. The fourth-order valence-corrected chi connectivity index (χ4v) is 2.54. The summed E-state index contributed by atoms with van der Waals surface area (Å²) < 4.78 is 5.32. The molecule has 1 aliphatic heterocycles. The molecular formula is C16H21NO4. The summed E-state index contributed by atoms with van der Waals surface area (Å²) in [5, 5.41) is 9.05. The van der Waals surface area contributed by atoms with Crippen molar-refractivity contribution in [3.8, 4) is 0 Å². The number of carbonyl (C=O) groups is 2. The number of aryl methyl sites for hydroxylation is 1. The highest BCUT2D eigenvalue weighted by atomic mass is 16.5. The van der Waals surface area contributed by atoms with Gasteiger partial charge in [0.2, 0.25) is 5.91 Å².